The van der Waals surface area contributed by atoms with Gasteiger partial charge in [0, 0.05) is 6.54 Å². The van der Waals surface area contributed by atoms with Crippen molar-refractivity contribution in [2.24, 2.45) is 0 Å². The molecule has 0 aliphatic heterocycles. The number of likely N-dealkylation sites (N-methyl/N-ethyl adjacent to an activating group) is 1. The summed E-state index contributed by atoms with van der Waals surface area (Å²) in [5.74, 6) is 0. The van der Waals surface area contributed by atoms with Gasteiger partial charge >= 0.3 is 103 Å². The first-order chi connectivity index (χ1) is 2.91. The van der Waals surface area contributed by atoms with Crippen molar-refractivity contribution in [3.05, 3.63) is 0 Å². The van der Waals surface area contributed by atoms with E-state index in [0.29, 0.717) is 0 Å². The normalized spacial score (nSPS) is 6.75. The Bertz CT molecular complexity index is 33.2. The third-order valence-electron chi connectivity index (χ3n) is 0.539. The maximum absolute atomic E-state index is 8.13. The van der Waals surface area contributed by atoms with E-state index in [1.807, 2.05) is 6.92 Å². The van der Waals surface area contributed by atoms with Crippen LogP contribution in [0.25, 0.3) is 0 Å². The third-order valence-corrected chi connectivity index (χ3v) is 0.539. The van der Waals surface area contributed by atoms with E-state index in [2.05, 4.69) is 5.32 Å². The van der Waals surface area contributed by atoms with Crippen LogP contribution in [0.4, 0.5) is 0 Å². The van der Waals surface area contributed by atoms with Gasteiger partial charge in [0.1, 0.15) is 0 Å². The van der Waals surface area contributed by atoms with Crippen molar-refractivity contribution in [1.29, 1.82) is 0 Å². The number of nitrogens with one attached hydrogen (secondary N) is 1. The van der Waals surface area contributed by atoms with E-state index >= 15 is 0 Å². The Morgan fingerprint density at radius 3 is 2.12 bits per heavy atom. The topological polar surface area (TPSA) is 32.3 Å². The summed E-state index contributed by atoms with van der Waals surface area (Å²) in [5, 5.41) is 11.1. The fourth-order valence-corrected chi connectivity index (χ4v) is 0.256. The molecule has 0 radical (unpaired) electrons. The standard InChI is InChI=1S/C4H11NO.2K.2H/c1-2-5-3-4-6;;;;/h5-6H,2-4H2,1H3;;;;/q;2*+1;2*-1. The molecule has 0 saturated heterocycles. The molecule has 0 aromatic rings. The molecule has 2 N–H and O–H groups in total. The quantitative estimate of drug-likeness (QED) is 0.326. The molecule has 0 rings (SSSR count). The Labute approximate surface area is 139 Å². The summed E-state index contributed by atoms with van der Waals surface area (Å²) in [7, 11) is 0. The molecule has 0 aliphatic rings. The number of rotatable bonds is 3. The molecule has 0 fully saturated rings. The summed E-state index contributed by atoms with van der Waals surface area (Å²) < 4.78 is 0. The molecular formula is C4H13K2NO. The second kappa shape index (κ2) is 16.6. The Kier molecular flexibility index (Phi) is 36.1. The van der Waals surface area contributed by atoms with E-state index in [-0.39, 0.29) is 112 Å². The molecule has 0 heterocycles. The first-order valence-electron chi connectivity index (χ1n) is 2.23. The smallest absolute Gasteiger partial charge is 1.00 e. The van der Waals surface area contributed by atoms with Crippen molar-refractivity contribution in [2.75, 3.05) is 19.7 Å². The second-order valence-corrected chi connectivity index (χ2v) is 1.08. The van der Waals surface area contributed by atoms with Crippen LogP contribution in [0.3, 0.4) is 0 Å². The van der Waals surface area contributed by atoms with Gasteiger partial charge < -0.3 is 13.3 Å². The van der Waals surface area contributed by atoms with E-state index in [9.17, 15) is 0 Å². The van der Waals surface area contributed by atoms with Crippen molar-refractivity contribution < 1.29 is 111 Å². The van der Waals surface area contributed by atoms with E-state index in [1.54, 1.807) is 0 Å². The molecule has 0 saturated carbocycles. The van der Waals surface area contributed by atoms with Gasteiger partial charge in [0.2, 0.25) is 0 Å². The van der Waals surface area contributed by atoms with Crippen molar-refractivity contribution in [3.63, 3.8) is 0 Å². The molecule has 0 amide bonds. The van der Waals surface area contributed by atoms with Crippen molar-refractivity contribution in [1.82, 2.24) is 5.32 Å². The molecule has 0 aliphatic carbocycles. The van der Waals surface area contributed by atoms with Crippen LogP contribution in [-0.4, -0.2) is 24.8 Å². The average molecular weight is 169 g/mol. The zero-order chi connectivity index (χ0) is 4.83. The van der Waals surface area contributed by atoms with Gasteiger partial charge in [0.15, 0.2) is 0 Å². The number of aliphatic hydroxyl groups excluding tert-OH is 1. The van der Waals surface area contributed by atoms with Crippen LogP contribution in [0.1, 0.15) is 9.78 Å². The monoisotopic (exact) mass is 169 g/mol. The summed E-state index contributed by atoms with van der Waals surface area (Å²) in [6.45, 7) is 3.92. The number of hydrogen-bond acceptors (Lipinski definition) is 2. The zero-order valence-corrected chi connectivity index (χ0v) is 12.3. The molecular weight excluding hydrogens is 156 g/mol. The van der Waals surface area contributed by atoms with Gasteiger partial charge in [0.05, 0.1) is 6.61 Å². The Hall–Kier alpha value is 3.19. The molecule has 0 aromatic heterocycles. The van der Waals surface area contributed by atoms with Crippen molar-refractivity contribution in [2.45, 2.75) is 6.92 Å². The Morgan fingerprint density at radius 1 is 1.50 bits per heavy atom. The molecule has 2 nitrogen and oxygen atoms in total. The minimum atomic E-state index is 0. The molecule has 42 valence electrons. The molecule has 0 spiro atoms. The zero-order valence-electron chi connectivity index (χ0n) is 8.07. The van der Waals surface area contributed by atoms with Crippen LogP contribution in [0.15, 0.2) is 0 Å². The third kappa shape index (κ3) is 16.1. The van der Waals surface area contributed by atoms with Gasteiger partial charge in [-0.3, -0.25) is 0 Å². The predicted molar refractivity (Wildman–Crippen MR) is 27.9 cm³/mol. The van der Waals surface area contributed by atoms with Crippen molar-refractivity contribution >= 4 is 0 Å². The summed E-state index contributed by atoms with van der Waals surface area (Å²) in [6, 6.07) is 0. The minimum absolute atomic E-state index is 0. The average Bonchev–Trinajstić information content (AvgIpc) is 1.61. The van der Waals surface area contributed by atoms with Gasteiger partial charge in [0.25, 0.3) is 0 Å². The molecule has 0 bridgehead atoms. The Balaban J connectivity index is -0.0000000208. The van der Waals surface area contributed by atoms with Gasteiger partial charge in [-0.1, -0.05) is 6.92 Å². The summed E-state index contributed by atoms with van der Waals surface area (Å²) in [5.41, 5.74) is 0. The van der Waals surface area contributed by atoms with Gasteiger partial charge in [-0.15, -0.1) is 0 Å². The van der Waals surface area contributed by atoms with Crippen LogP contribution in [0.2, 0.25) is 0 Å². The molecule has 0 unspecified atom stereocenters. The van der Waals surface area contributed by atoms with Gasteiger partial charge in [-0.25, -0.2) is 0 Å². The first kappa shape index (κ1) is 17.3. The van der Waals surface area contributed by atoms with E-state index in [4.69, 9.17) is 5.11 Å². The van der Waals surface area contributed by atoms with Gasteiger partial charge in [-0.05, 0) is 6.54 Å². The predicted octanol–water partition coefficient (Wildman–Crippen LogP) is -6.18. The van der Waals surface area contributed by atoms with E-state index in [0.717, 1.165) is 13.1 Å². The molecule has 4 heteroatoms. The molecule has 8 heavy (non-hydrogen) atoms. The number of aliphatic hydroxyl groups is 1. The second-order valence-electron chi connectivity index (χ2n) is 1.08. The molecule has 0 atom stereocenters. The fraction of sp³-hybridized carbons (Fsp3) is 1.00. The van der Waals surface area contributed by atoms with Crippen LogP contribution in [-0.2, 0) is 0 Å². The largest absolute Gasteiger partial charge is 1.00 e. The van der Waals surface area contributed by atoms with Crippen LogP contribution in [0.5, 0.6) is 0 Å². The number of hydrogen-bond donors (Lipinski definition) is 2. The Morgan fingerprint density at radius 2 is 2.00 bits per heavy atom. The summed E-state index contributed by atoms with van der Waals surface area (Å²) in [6.07, 6.45) is 0. The van der Waals surface area contributed by atoms with Crippen LogP contribution >= 0.6 is 0 Å². The van der Waals surface area contributed by atoms with E-state index < -0.39 is 0 Å². The van der Waals surface area contributed by atoms with Crippen LogP contribution < -0.4 is 108 Å². The van der Waals surface area contributed by atoms with Crippen molar-refractivity contribution in [3.8, 4) is 0 Å². The van der Waals surface area contributed by atoms with E-state index in [1.165, 1.54) is 0 Å². The fourth-order valence-electron chi connectivity index (χ4n) is 0.256. The minimum Gasteiger partial charge on any atom is -1.00 e. The summed E-state index contributed by atoms with van der Waals surface area (Å²) in [4.78, 5) is 0. The SMILES string of the molecule is CCNCCO.[H-].[H-].[K+].[K+]. The maximum Gasteiger partial charge on any atom is 1.00 e. The van der Waals surface area contributed by atoms with Crippen LogP contribution in [0, 0.1) is 0 Å². The van der Waals surface area contributed by atoms with Gasteiger partial charge in [-0.2, -0.15) is 0 Å². The maximum atomic E-state index is 8.13. The summed E-state index contributed by atoms with van der Waals surface area (Å²) >= 11 is 0. The molecule has 0 aromatic carbocycles. The first-order valence-corrected chi connectivity index (χ1v) is 2.23.